The summed E-state index contributed by atoms with van der Waals surface area (Å²) in [5.74, 6) is -0.164. The van der Waals surface area contributed by atoms with E-state index in [1.54, 1.807) is 34.7 Å². The summed E-state index contributed by atoms with van der Waals surface area (Å²) >= 11 is 0. The Bertz CT molecular complexity index is 361. The number of carbonyl (C=O) groups is 1. The van der Waals surface area contributed by atoms with E-state index < -0.39 is 20.7 Å². The molecule has 7 heteroatoms. The second-order valence-corrected chi connectivity index (χ2v) is 7.87. The smallest absolute Gasteiger partial charge is 0.410 e. The molecular weight excluding hydrogens is 266 g/mol. The molecule has 0 bridgehead atoms. The largest absolute Gasteiger partial charge is 0.444 e. The third-order valence-corrected chi connectivity index (χ3v) is 3.31. The van der Waals surface area contributed by atoms with Crippen molar-refractivity contribution in [1.82, 2.24) is 4.90 Å². The molecule has 0 saturated heterocycles. The summed E-state index contributed by atoms with van der Waals surface area (Å²) in [5, 5.41) is 0. The second kappa shape index (κ2) is 5.91. The Hall–Kier alpha value is -0.490. The molecule has 0 spiro atoms. The van der Waals surface area contributed by atoms with E-state index in [4.69, 9.17) is 15.4 Å². The van der Waals surface area contributed by atoms with Crippen molar-refractivity contribution in [3.8, 4) is 0 Å². The summed E-state index contributed by atoms with van der Waals surface area (Å²) in [7, 11) is 3.15. The van der Waals surface area contributed by atoms with Crippen LogP contribution < -0.4 is 0 Å². The second-order valence-electron chi connectivity index (χ2n) is 4.97. The average molecular weight is 286 g/mol. The molecule has 0 rings (SSSR count). The van der Waals surface area contributed by atoms with E-state index in [-0.39, 0.29) is 18.2 Å². The molecule has 1 unspecified atom stereocenters. The fraction of sp³-hybridized carbons (Fsp3) is 0.900. The van der Waals surface area contributed by atoms with Crippen LogP contribution in [0.15, 0.2) is 0 Å². The lowest BCUT2D eigenvalue weighted by atomic mass is 10.2. The minimum Gasteiger partial charge on any atom is -0.444 e. The van der Waals surface area contributed by atoms with Gasteiger partial charge >= 0.3 is 6.09 Å². The van der Waals surface area contributed by atoms with Crippen LogP contribution in [0.1, 0.15) is 34.1 Å². The molecule has 0 radical (unpaired) electrons. The number of amides is 1. The van der Waals surface area contributed by atoms with Crippen molar-refractivity contribution in [3.05, 3.63) is 0 Å². The van der Waals surface area contributed by atoms with Crippen molar-refractivity contribution in [2.45, 2.75) is 45.8 Å². The van der Waals surface area contributed by atoms with Gasteiger partial charge in [-0.15, -0.1) is 0 Å². The zero-order chi connectivity index (χ0) is 13.9. The summed E-state index contributed by atoms with van der Waals surface area (Å²) in [6.45, 7) is 7.05. The van der Waals surface area contributed by atoms with Gasteiger partial charge < -0.3 is 9.64 Å². The maximum atomic E-state index is 11.6. The van der Waals surface area contributed by atoms with E-state index >= 15 is 0 Å². The van der Waals surface area contributed by atoms with Crippen LogP contribution in [0.4, 0.5) is 4.79 Å². The molecule has 1 atom stereocenters. The Balaban J connectivity index is 4.31. The molecule has 0 aromatic heterocycles. The maximum absolute atomic E-state index is 11.6. The first kappa shape index (κ1) is 16.5. The Labute approximate surface area is 107 Å². The quantitative estimate of drug-likeness (QED) is 0.743. The Kier molecular flexibility index (Phi) is 5.74. The Morgan fingerprint density at radius 2 is 1.88 bits per heavy atom. The molecule has 102 valence electrons. The topological polar surface area (TPSA) is 63.7 Å². The molecule has 0 aliphatic carbocycles. The average Bonchev–Trinajstić information content (AvgIpc) is 2.08. The van der Waals surface area contributed by atoms with Crippen molar-refractivity contribution in [3.63, 3.8) is 0 Å². The third kappa shape index (κ3) is 8.26. The lowest BCUT2D eigenvalue weighted by Crippen LogP contribution is -2.40. The number of halogens is 1. The molecule has 0 aliphatic heterocycles. The fourth-order valence-corrected chi connectivity index (χ4v) is 1.91. The lowest BCUT2D eigenvalue weighted by Gasteiger charge is -2.28. The van der Waals surface area contributed by atoms with Crippen LogP contribution >= 0.6 is 10.7 Å². The highest BCUT2D eigenvalue weighted by atomic mass is 35.7. The van der Waals surface area contributed by atoms with Crippen LogP contribution in [0, 0.1) is 0 Å². The summed E-state index contributed by atoms with van der Waals surface area (Å²) < 4.78 is 26.7. The van der Waals surface area contributed by atoms with Crippen LogP contribution in [-0.2, 0) is 13.8 Å². The van der Waals surface area contributed by atoms with E-state index in [1.165, 1.54) is 4.90 Å². The van der Waals surface area contributed by atoms with Gasteiger partial charge in [0.15, 0.2) is 0 Å². The molecular formula is C10H20ClNO4S. The van der Waals surface area contributed by atoms with Crippen molar-refractivity contribution in [2.75, 3.05) is 12.8 Å². The normalized spacial score (nSPS) is 14.2. The van der Waals surface area contributed by atoms with Gasteiger partial charge in [0.2, 0.25) is 9.05 Å². The molecule has 0 aromatic carbocycles. The van der Waals surface area contributed by atoms with Crippen molar-refractivity contribution in [2.24, 2.45) is 0 Å². The minimum atomic E-state index is -3.52. The number of nitrogens with zero attached hydrogens (tertiary/aromatic N) is 1. The van der Waals surface area contributed by atoms with Gasteiger partial charge in [-0.2, -0.15) is 0 Å². The molecule has 17 heavy (non-hydrogen) atoms. The Morgan fingerprint density at radius 1 is 1.41 bits per heavy atom. The number of hydrogen-bond donors (Lipinski definition) is 0. The summed E-state index contributed by atoms with van der Waals surface area (Å²) in [5.41, 5.74) is -0.566. The number of rotatable bonds is 4. The van der Waals surface area contributed by atoms with E-state index in [2.05, 4.69) is 0 Å². The zero-order valence-corrected chi connectivity index (χ0v) is 12.4. The van der Waals surface area contributed by atoms with Crippen molar-refractivity contribution in [1.29, 1.82) is 0 Å². The van der Waals surface area contributed by atoms with Gasteiger partial charge in [-0.3, -0.25) is 0 Å². The maximum Gasteiger partial charge on any atom is 0.410 e. The minimum absolute atomic E-state index is 0.164. The number of ether oxygens (including phenoxy) is 1. The predicted molar refractivity (Wildman–Crippen MR) is 67.7 cm³/mol. The molecule has 1 amide bonds. The molecule has 0 aliphatic rings. The fourth-order valence-electron chi connectivity index (χ4n) is 1.02. The molecule has 0 saturated carbocycles. The highest BCUT2D eigenvalue weighted by molar-refractivity contribution is 8.13. The third-order valence-electron chi connectivity index (χ3n) is 2.12. The SMILES string of the molecule is CC(CCS(=O)(=O)Cl)N(C)C(=O)OC(C)(C)C. The molecule has 0 N–H and O–H groups in total. The molecule has 0 aromatic rings. The Morgan fingerprint density at radius 3 is 2.24 bits per heavy atom. The summed E-state index contributed by atoms with van der Waals surface area (Å²) in [6, 6.07) is -0.252. The monoisotopic (exact) mass is 285 g/mol. The first-order valence-corrected chi connectivity index (χ1v) is 7.78. The van der Waals surface area contributed by atoms with Crippen LogP contribution in [0.25, 0.3) is 0 Å². The first-order chi connectivity index (χ1) is 7.42. The van der Waals surface area contributed by atoms with Gasteiger partial charge in [0, 0.05) is 23.8 Å². The van der Waals surface area contributed by atoms with E-state index in [1.807, 2.05) is 0 Å². The number of carbonyl (C=O) groups excluding carboxylic acids is 1. The molecule has 0 fully saturated rings. The van der Waals surface area contributed by atoms with E-state index in [9.17, 15) is 13.2 Å². The van der Waals surface area contributed by atoms with Gasteiger partial charge in [-0.05, 0) is 34.1 Å². The van der Waals surface area contributed by atoms with Gasteiger partial charge in [0.25, 0.3) is 0 Å². The van der Waals surface area contributed by atoms with Gasteiger partial charge in [0.1, 0.15) is 5.60 Å². The zero-order valence-electron chi connectivity index (χ0n) is 10.9. The van der Waals surface area contributed by atoms with Gasteiger partial charge in [-0.1, -0.05) is 0 Å². The standard InChI is InChI=1S/C10H20ClNO4S/c1-8(6-7-17(11,14)15)12(5)9(13)16-10(2,3)4/h8H,6-7H2,1-5H3. The van der Waals surface area contributed by atoms with Crippen LogP contribution in [-0.4, -0.2) is 43.9 Å². The van der Waals surface area contributed by atoms with Crippen molar-refractivity contribution < 1.29 is 17.9 Å². The molecule has 0 heterocycles. The number of hydrogen-bond acceptors (Lipinski definition) is 4. The molecule has 5 nitrogen and oxygen atoms in total. The van der Waals surface area contributed by atoms with Gasteiger partial charge in [0.05, 0.1) is 5.75 Å². The highest BCUT2D eigenvalue weighted by Gasteiger charge is 2.23. The van der Waals surface area contributed by atoms with Crippen LogP contribution in [0.3, 0.4) is 0 Å². The lowest BCUT2D eigenvalue weighted by molar-refractivity contribution is 0.0233. The van der Waals surface area contributed by atoms with Crippen molar-refractivity contribution >= 4 is 25.8 Å². The summed E-state index contributed by atoms with van der Waals surface area (Å²) in [6.07, 6.45) is -0.196. The van der Waals surface area contributed by atoms with E-state index in [0.717, 1.165) is 0 Å². The first-order valence-electron chi connectivity index (χ1n) is 5.30. The van der Waals surface area contributed by atoms with Gasteiger partial charge in [-0.25, -0.2) is 13.2 Å². The van der Waals surface area contributed by atoms with E-state index in [0.29, 0.717) is 0 Å². The highest BCUT2D eigenvalue weighted by Crippen LogP contribution is 2.13. The van der Waals surface area contributed by atoms with Crippen LogP contribution in [0.5, 0.6) is 0 Å². The van der Waals surface area contributed by atoms with Crippen LogP contribution in [0.2, 0.25) is 0 Å². The predicted octanol–water partition coefficient (Wildman–Crippen LogP) is 2.20. The summed E-state index contributed by atoms with van der Waals surface area (Å²) in [4.78, 5) is 13.0.